The van der Waals surface area contributed by atoms with Crippen molar-refractivity contribution in [1.82, 2.24) is 4.90 Å². The Morgan fingerprint density at radius 3 is 2.52 bits per heavy atom. The van der Waals surface area contributed by atoms with Gasteiger partial charge >= 0.3 is 0 Å². The number of likely N-dealkylation sites (tertiary alicyclic amines) is 1. The quantitative estimate of drug-likeness (QED) is 0.925. The van der Waals surface area contributed by atoms with E-state index < -0.39 is 0 Å². The van der Waals surface area contributed by atoms with E-state index in [1.54, 1.807) is 0 Å². The van der Waals surface area contributed by atoms with Gasteiger partial charge in [-0.1, -0.05) is 43.7 Å². The third-order valence-electron chi connectivity index (χ3n) is 5.70. The summed E-state index contributed by atoms with van der Waals surface area (Å²) in [5.41, 5.74) is 7.24. The van der Waals surface area contributed by atoms with E-state index in [1.807, 2.05) is 6.07 Å². The van der Waals surface area contributed by atoms with Crippen molar-refractivity contribution in [3.63, 3.8) is 0 Å². The molecule has 1 heterocycles. The molecule has 21 heavy (non-hydrogen) atoms. The highest BCUT2D eigenvalue weighted by molar-refractivity contribution is 5.84. The van der Waals surface area contributed by atoms with Crippen LogP contribution in [0.4, 0.5) is 0 Å². The van der Waals surface area contributed by atoms with E-state index >= 15 is 0 Å². The number of carbonyl (C=O) groups excluding carboxylic acids is 1. The number of amides is 1. The molecular weight excluding hydrogens is 260 g/mol. The van der Waals surface area contributed by atoms with Crippen molar-refractivity contribution in [3.8, 4) is 0 Å². The molecule has 2 atom stereocenters. The van der Waals surface area contributed by atoms with Crippen molar-refractivity contribution in [3.05, 3.63) is 35.9 Å². The fourth-order valence-corrected chi connectivity index (χ4v) is 4.01. The molecule has 0 spiro atoms. The van der Waals surface area contributed by atoms with Crippen molar-refractivity contribution >= 4 is 5.91 Å². The summed E-state index contributed by atoms with van der Waals surface area (Å²) >= 11 is 0. The summed E-state index contributed by atoms with van der Waals surface area (Å²) in [6.07, 6.45) is 4.33. The molecule has 0 bridgehead atoms. The Hall–Kier alpha value is -1.35. The largest absolute Gasteiger partial charge is 0.341 e. The number of nitrogens with two attached hydrogens (primary N) is 1. The van der Waals surface area contributed by atoms with Gasteiger partial charge in [-0.3, -0.25) is 4.79 Å². The normalized spacial score (nSPS) is 27.4. The van der Waals surface area contributed by atoms with Crippen LogP contribution >= 0.6 is 0 Å². The van der Waals surface area contributed by atoms with Crippen LogP contribution < -0.4 is 5.73 Å². The van der Waals surface area contributed by atoms with Crippen molar-refractivity contribution in [2.75, 3.05) is 19.6 Å². The smallest absolute Gasteiger partial charge is 0.228 e. The Balaban J connectivity index is 1.76. The number of nitrogens with zero attached hydrogens (tertiary/aromatic N) is 1. The molecule has 2 N–H and O–H groups in total. The van der Waals surface area contributed by atoms with Crippen LogP contribution in [0.2, 0.25) is 0 Å². The molecular formula is C18H26N2O. The second-order valence-electron chi connectivity index (χ2n) is 6.71. The first kappa shape index (κ1) is 14.6. The zero-order valence-corrected chi connectivity index (χ0v) is 12.9. The molecule has 1 aromatic rings. The first-order valence-electron chi connectivity index (χ1n) is 8.24. The lowest BCUT2D eigenvalue weighted by Crippen LogP contribution is -2.47. The molecule has 3 rings (SSSR count). The van der Waals surface area contributed by atoms with Gasteiger partial charge in [-0.2, -0.15) is 0 Å². The van der Waals surface area contributed by atoms with Crippen LogP contribution in [0.3, 0.4) is 0 Å². The Morgan fingerprint density at radius 2 is 2.00 bits per heavy atom. The number of benzene rings is 1. The van der Waals surface area contributed by atoms with Gasteiger partial charge in [-0.05, 0) is 37.3 Å². The maximum absolute atomic E-state index is 12.9. The summed E-state index contributed by atoms with van der Waals surface area (Å²) in [6, 6.07) is 10.5. The van der Waals surface area contributed by atoms with Crippen molar-refractivity contribution < 1.29 is 4.79 Å². The van der Waals surface area contributed by atoms with Gasteiger partial charge in [0.15, 0.2) is 0 Å². The molecule has 3 heteroatoms. The first-order chi connectivity index (χ1) is 10.2. The van der Waals surface area contributed by atoms with Gasteiger partial charge in [0.25, 0.3) is 0 Å². The molecule has 1 aliphatic heterocycles. The van der Waals surface area contributed by atoms with E-state index in [2.05, 4.69) is 36.1 Å². The highest BCUT2D eigenvalue weighted by Crippen LogP contribution is 2.46. The number of hydrogen-bond acceptors (Lipinski definition) is 2. The van der Waals surface area contributed by atoms with Crippen molar-refractivity contribution in [2.24, 2.45) is 17.1 Å². The lowest BCUT2D eigenvalue weighted by Gasteiger charge is -2.42. The third kappa shape index (κ3) is 2.48. The summed E-state index contributed by atoms with van der Waals surface area (Å²) in [4.78, 5) is 15.0. The summed E-state index contributed by atoms with van der Waals surface area (Å²) in [5, 5.41) is 0. The number of hydrogen-bond donors (Lipinski definition) is 1. The molecule has 3 nitrogen and oxygen atoms in total. The number of rotatable bonds is 4. The minimum absolute atomic E-state index is 0.0509. The molecule has 1 saturated heterocycles. The van der Waals surface area contributed by atoms with Gasteiger partial charge in [-0.25, -0.2) is 0 Å². The summed E-state index contributed by atoms with van der Waals surface area (Å²) in [5.74, 6) is 1.17. The van der Waals surface area contributed by atoms with Gasteiger partial charge in [0, 0.05) is 24.4 Å². The average Bonchev–Trinajstić information content (AvgIpc) is 2.91. The Bertz CT molecular complexity index is 490. The van der Waals surface area contributed by atoms with E-state index in [9.17, 15) is 4.79 Å². The van der Waals surface area contributed by atoms with Crippen LogP contribution in [0.5, 0.6) is 0 Å². The van der Waals surface area contributed by atoms with Crippen LogP contribution in [-0.2, 0) is 4.79 Å². The third-order valence-corrected chi connectivity index (χ3v) is 5.70. The molecule has 0 aromatic heterocycles. The van der Waals surface area contributed by atoms with Crippen LogP contribution in [0.15, 0.2) is 30.3 Å². The van der Waals surface area contributed by atoms with E-state index in [0.29, 0.717) is 24.3 Å². The van der Waals surface area contributed by atoms with E-state index in [1.165, 1.54) is 12.0 Å². The molecule has 2 aliphatic rings. The fraction of sp³-hybridized carbons (Fsp3) is 0.611. The molecule has 114 valence electrons. The van der Waals surface area contributed by atoms with Crippen molar-refractivity contribution in [2.45, 2.75) is 38.5 Å². The maximum atomic E-state index is 12.9. The Kier molecular flexibility index (Phi) is 4.03. The minimum Gasteiger partial charge on any atom is -0.341 e. The average molecular weight is 286 g/mol. The lowest BCUT2D eigenvalue weighted by atomic mass is 9.66. The number of carbonyl (C=O) groups is 1. The highest BCUT2D eigenvalue weighted by Gasteiger charge is 2.47. The van der Waals surface area contributed by atoms with Crippen molar-refractivity contribution in [1.29, 1.82) is 0 Å². The molecule has 0 radical (unpaired) electrons. The predicted molar refractivity (Wildman–Crippen MR) is 84.9 cm³/mol. The van der Waals surface area contributed by atoms with Gasteiger partial charge in [0.1, 0.15) is 0 Å². The SMILES string of the molecule is CCC1(C(=O)N2C[C@@H](CN)[C@H](c3ccccc3)C2)CCC1. The van der Waals surface area contributed by atoms with Gasteiger partial charge in [0.2, 0.25) is 5.91 Å². The predicted octanol–water partition coefficient (Wildman–Crippen LogP) is 2.77. The van der Waals surface area contributed by atoms with Crippen LogP contribution in [0.1, 0.15) is 44.1 Å². The summed E-state index contributed by atoms with van der Waals surface area (Å²) in [6.45, 7) is 4.48. The highest BCUT2D eigenvalue weighted by atomic mass is 16.2. The minimum atomic E-state index is -0.0509. The van der Waals surface area contributed by atoms with Crippen LogP contribution in [-0.4, -0.2) is 30.4 Å². The van der Waals surface area contributed by atoms with Gasteiger partial charge in [0.05, 0.1) is 0 Å². The second kappa shape index (κ2) is 5.80. The first-order valence-corrected chi connectivity index (χ1v) is 8.24. The van der Waals surface area contributed by atoms with Crippen LogP contribution in [0, 0.1) is 11.3 Å². The molecule has 0 unspecified atom stereocenters. The molecule has 1 aliphatic carbocycles. The van der Waals surface area contributed by atoms with Gasteiger partial charge in [-0.15, -0.1) is 0 Å². The van der Waals surface area contributed by atoms with E-state index in [-0.39, 0.29) is 5.41 Å². The maximum Gasteiger partial charge on any atom is 0.228 e. The zero-order valence-electron chi connectivity index (χ0n) is 12.9. The Labute approximate surface area is 127 Å². The fourth-order valence-electron chi connectivity index (χ4n) is 4.01. The molecule has 1 amide bonds. The monoisotopic (exact) mass is 286 g/mol. The van der Waals surface area contributed by atoms with Gasteiger partial charge < -0.3 is 10.6 Å². The van der Waals surface area contributed by atoms with E-state index in [4.69, 9.17) is 5.73 Å². The summed E-state index contributed by atoms with van der Waals surface area (Å²) in [7, 11) is 0. The Morgan fingerprint density at radius 1 is 1.29 bits per heavy atom. The standard InChI is InChI=1S/C18H26N2O/c1-2-18(9-6-10-18)17(21)20-12-15(11-19)16(13-20)14-7-4-3-5-8-14/h3-5,7-8,15-16H,2,6,9-13,19H2,1H3/t15-,16+/m1/s1. The zero-order chi connectivity index (χ0) is 14.9. The van der Waals surface area contributed by atoms with Crippen LogP contribution in [0.25, 0.3) is 0 Å². The molecule has 1 saturated carbocycles. The molecule has 2 fully saturated rings. The topological polar surface area (TPSA) is 46.3 Å². The van der Waals surface area contributed by atoms with E-state index in [0.717, 1.165) is 32.4 Å². The lowest BCUT2D eigenvalue weighted by molar-refractivity contribution is -0.146. The summed E-state index contributed by atoms with van der Waals surface area (Å²) < 4.78 is 0. The second-order valence-corrected chi connectivity index (χ2v) is 6.71. The molecule has 1 aromatic carbocycles.